The molecule has 22 heavy (non-hydrogen) atoms. The molecule has 1 aromatic carbocycles. The molecule has 1 atom stereocenters. The Balaban J connectivity index is 2.66. The largest absolute Gasteiger partial charge is 0.469 e. The molecule has 1 aromatic rings. The van der Waals surface area contributed by atoms with Crippen LogP contribution in [-0.4, -0.2) is 31.3 Å². The Morgan fingerprint density at radius 2 is 1.95 bits per heavy atom. The maximum absolute atomic E-state index is 11.9. The van der Waals surface area contributed by atoms with E-state index in [1.807, 2.05) is 31.2 Å². The van der Waals surface area contributed by atoms with Crippen molar-refractivity contribution in [3.05, 3.63) is 35.4 Å². The fourth-order valence-electron chi connectivity index (χ4n) is 2.05. The predicted octanol–water partition coefficient (Wildman–Crippen LogP) is 2.85. The topological polar surface area (TPSA) is 64.6 Å². The van der Waals surface area contributed by atoms with Crippen molar-refractivity contribution in [2.24, 2.45) is 5.92 Å². The molecule has 1 rings (SSSR count). The summed E-state index contributed by atoms with van der Waals surface area (Å²) in [5.74, 6) is -0.795. The van der Waals surface area contributed by atoms with Crippen molar-refractivity contribution in [3.63, 3.8) is 0 Å². The van der Waals surface area contributed by atoms with Crippen LogP contribution >= 0.6 is 0 Å². The number of ether oxygens (including phenoxy) is 2. The van der Waals surface area contributed by atoms with Gasteiger partial charge in [0.2, 0.25) is 0 Å². The fraction of sp³-hybridized carbons (Fsp3) is 0.529. The number of esters is 1. The number of hydrogen-bond acceptors (Lipinski definition) is 4. The number of alkyl carbamates (subject to hydrolysis) is 1. The SMILES string of the molecule is COC(=O)C(CNC(=O)OC(C)(C)C)Cc1cccc(C)c1. The lowest BCUT2D eigenvalue weighted by Crippen LogP contribution is -2.38. The molecule has 1 amide bonds. The second-order valence-corrected chi connectivity index (χ2v) is 6.30. The predicted molar refractivity (Wildman–Crippen MR) is 84.6 cm³/mol. The van der Waals surface area contributed by atoms with Gasteiger partial charge in [-0.1, -0.05) is 29.8 Å². The first-order valence-corrected chi connectivity index (χ1v) is 7.31. The average molecular weight is 307 g/mol. The summed E-state index contributed by atoms with van der Waals surface area (Å²) in [6.07, 6.45) is -0.0323. The quantitative estimate of drug-likeness (QED) is 0.850. The van der Waals surface area contributed by atoms with Crippen LogP contribution in [0.5, 0.6) is 0 Å². The molecular weight excluding hydrogens is 282 g/mol. The van der Waals surface area contributed by atoms with Crippen molar-refractivity contribution in [2.75, 3.05) is 13.7 Å². The number of hydrogen-bond donors (Lipinski definition) is 1. The van der Waals surface area contributed by atoms with E-state index >= 15 is 0 Å². The normalized spacial score (nSPS) is 12.4. The first-order valence-electron chi connectivity index (χ1n) is 7.31. The Bertz CT molecular complexity index is 520. The van der Waals surface area contributed by atoms with Gasteiger partial charge in [-0.15, -0.1) is 0 Å². The third-order valence-electron chi connectivity index (χ3n) is 2.99. The van der Waals surface area contributed by atoms with E-state index in [4.69, 9.17) is 9.47 Å². The summed E-state index contributed by atoms with van der Waals surface area (Å²) >= 11 is 0. The van der Waals surface area contributed by atoms with E-state index < -0.39 is 17.6 Å². The van der Waals surface area contributed by atoms with Crippen LogP contribution in [0.4, 0.5) is 4.79 Å². The summed E-state index contributed by atoms with van der Waals surface area (Å²) in [5.41, 5.74) is 1.59. The Morgan fingerprint density at radius 1 is 1.27 bits per heavy atom. The molecule has 1 N–H and O–H groups in total. The third-order valence-corrected chi connectivity index (χ3v) is 2.99. The highest BCUT2D eigenvalue weighted by molar-refractivity contribution is 5.74. The number of aryl methyl sites for hydroxylation is 1. The summed E-state index contributed by atoms with van der Waals surface area (Å²) in [6, 6.07) is 7.91. The molecule has 0 aliphatic rings. The maximum atomic E-state index is 11.9. The minimum atomic E-state index is -0.568. The zero-order valence-electron chi connectivity index (χ0n) is 13.9. The summed E-state index contributed by atoms with van der Waals surface area (Å²) in [4.78, 5) is 23.6. The van der Waals surface area contributed by atoms with Crippen molar-refractivity contribution < 1.29 is 19.1 Å². The summed E-state index contributed by atoms with van der Waals surface area (Å²) < 4.78 is 9.99. The van der Waals surface area contributed by atoms with Crippen LogP contribution in [0.15, 0.2) is 24.3 Å². The van der Waals surface area contributed by atoms with E-state index in [9.17, 15) is 9.59 Å². The maximum Gasteiger partial charge on any atom is 0.407 e. The van der Waals surface area contributed by atoms with Crippen LogP contribution in [0, 0.1) is 12.8 Å². The van der Waals surface area contributed by atoms with E-state index in [1.54, 1.807) is 20.8 Å². The average Bonchev–Trinajstić information content (AvgIpc) is 2.40. The van der Waals surface area contributed by atoms with Crippen LogP contribution in [0.2, 0.25) is 0 Å². The molecule has 0 spiro atoms. The highest BCUT2D eigenvalue weighted by Gasteiger charge is 2.22. The molecule has 0 bridgehead atoms. The van der Waals surface area contributed by atoms with Crippen LogP contribution in [-0.2, 0) is 20.7 Å². The Labute approximate surface area is 132 Å². The molecule has 0 aromatic heterocycles. The molecule has 0 saturated heterocycles. The van der Waals surface area contributed by atoms with E-state index in [2.05, 4.69) is 5.32 Å². The second-order valence-electron chi connectivity index (χ2n) is 6.30. The molecule has 0 aliphatic carbocycles. The minimum absolute atomic E-state index is 0.176. The molecule has 0 fully saturated rings. The molecule has 0 heterocycles. The molecule has 5 nitrogen and oxygen atoms in total. The van der Waals surface area contributed by atoms with Gasteiger partial charge in [-0.3, -0.25) is 4.79 Å². The van der Waals surface area contributed by atoms with Gasteiger partial charge in [-0.05, 0) is 39.7 Å². The number of nitrogens with one attached hydrogen (secondary N) is 1. The van der Waals surface area contributed by atoms with Gasteiger partial charge in [0.15, 0.2) is 0 Å². The number of amides is 1. The first kappa shape index (κ1) is 18.0. The van der Waals surface area contributed by atoms with Crippen LogP contribution in [0.1, 0.15) is 31.9 Å². The van der Waals surface area contributed by atoms with Gasteiger partial charge in [0, 0.05) is 6.54 Å². The lowest BCUT2D eigenvalue weighted by Gasteiger charge is -2.21. The molecule has 122 valence electrons. The Hall–Kier alpha value is -2.04. The fourth-order valence-corrected chi connectivity index (χ4v) is 2.05. The van der Waals surface area contributed by atoms with Crippen LogP contribution in [0.3, 0.4) is 0 Å². The van der Waals surface area contributed by atoms with E-state index in [-0.39, 0.29) is 12.5 Å². The molecule has 0 aliphatic heterocycles. The van der Waals surface area contributed by atoms with Crippen molar-refractivity contribution in [2.45, 2.75) is 39.7 Å². The summed E-state index contributed by atoms with van der Waals surface area (Å²) in [6.45, 7) is 7.54. The zero-order valence-corrected chi connectivity index (χ0v) is 13.9. The van der Waals surface area contributed by atoms with Gasteiger partial charge in [0.25, 0.3) is 0 Å². The number of methoxy groups -OCH3 is 1. The van der Waals surface area contributed by atoms with Crippen LogP contribution < -0.4 is 5.32 Å². The van der Waals surface area contributed by atoms with Gasteiger partial charge < -0.3 is 14.8 Å². The van der Waals surface area contributed by atoms with E-state index in [1.165, 1.54) is 7.11 Å². The minimum Gasteiger partial charge on any atom is -0.469 e. The van der Waals surface area contributed by atoms with Crippen molar-refractivity contribution in [1.29, 1.82) is 0 Å². The highest BCUT2D eigenvalue weighted by atomic mass is 16.6. The van der Waals surface area contributed by atoms with Gasteiger partial charge in [-0.2, -0.15) is 0 Å². The van der Waals surface area contributed by atoms with Crippen molar-refractivity contribution in [3.8, 4) is 0 Å². The summed E-state index contributed by atoms with van der Waals surface area (Å²) in [7, 11) is 1.35. The number of carbonyl (C=O) groups excluding carboxylic acids is 2. The van der Waals surface area contributed by atoms with Crippen molar-refractivity contribution >= 4 is 12.1 Å². The standard InChI is InChI=1S/C17H25NO4/c1-12-7-6-8-13(9-12)10-14(15(19)21-5)11-18-16(20)22-17(2,3)4/h6-9,14H,10-11H2,1-5H3,(H,18,20). The van der Waals surface area contributed by atoms with Gasteiger partial charge >= 0.3 is 12.1 Å². The van der Waals surface area contributed by atoms with Crippen LogP contribution in [0.25, 0.3) is 0 Å². The van der Waals surface area contributed by atoms with Crippen molar-refractivity contribution in [1.82, 2.24) is 5.32 Å². The highest BCUT2D eigenvalue weighted by Crippen LogP contribution is 2.12. The monoisotopic (exact) mass is 307 g/mol. The van der Waals surface area contributed by atoms with E-state index in [0.717, 1.165) is 11.1 Å². The Morgan fingerprint density at radius 3 is 2.50 bits per heavy atom. The van der Waals surface area contributed by atoms with Gasteiger partial charge in [-0.25, -0.2) is 4.79 Å². The lowest BCUT2D eigenvalue weighted by molar-refractivity contribution is -0.145. The molecule has 1 unspecified atom stereocenters. The first-order chi connectivity index (χ1) is 10.2. The molecule has 0 radical (unpaired) electrons. The Kier molecular flexibility index (Phi) is 6.40. The lowest BCUT2D eigenvalue weighted by atomic mass is 9.98. The molecule has 0 saturated carbocycles. The van der Waals surface area contributed by atoms with Gasteiger partial charge in [0.05, 0.1) is 13.0 Å². The number of carbonyl (C=O) groups is 2. The number of benzene rings is 1. The van der Waals surface area contributed by atoms with Gasteiger partial charge in [0.1, 0.15) is 5.60 Å². The van der Waals surface area contributed by atoms with E-state index in [0.29, 0.717) is 6.42 Å². The smallest absolute Gasteiger partial charge is 0.407 e. The summed E-state index contributed by atoms with van der Waals surface area (Å²) in [5, 5.41) is 2.63. The molecular formula is C17H25NO4. The zero-order chi connectivity index (χ0) is 16.8. The second kappa shape index (κ2) is 7.82. The number of rotatable bonds is 5. The molecule has 5 heteroatoms. The third kappa shape index (κ3) is 6.61.